The number of hydrogen-bond donors (Lipinski definition) is 0. The van der Waals surface area contributed by atoms with Gasteiger partial charge in [0.2, 0.25) is 6.29 Å². The van der Waals surface area contributed by atoms with Gasteiger partial charge in [-0.05, 0) is 85.6 Å². The maximum absolute atomic E-state index is 12.7. The zero-order valence-corrected chi connectivity index (χ0v) is 28.5. The van der Waals surface area contributed by atoms with Crippen molar-refractivity contribution in [2.75, 3.05) is 6.61 Å². The lowest BCUT2D eigenvalue weighted by molar-refractivity contribution is -0.158. The zero-order valence-electron chi connectivity index (χ0n) is 28.5. The molecule has 1 atom stereocenters. The first kappa shape index (κ1) is 37.9. The molecule has 48 heavy (non-hydrogen) atoms. The van der Waals surface area contributed by atoms with Crippen LogP contribution < -0.4 is 18.9 Å². The van der Waals surface area contributed by atoms with E-state index in [0.29, 0.717) is 41.6 Å². The molecule has 0 heterocycles. The van der Waals surface area contributed by atoms with Gasteiger partial charge >= 0.3 is 17.9 Å². The smallest absolute Gasteiger partial charge is 0.343 e. The van der Waals surface area contributed by atoms with Crippen LogP contribution in [0.4, 0.5) is 0 Å². The molecule has 0 aromatic heterocycles. The summed E-state index contributed by atoms with van der Waals surface area (Å²) < 4.78 is 28.0. The largest absolute Gasteiger partial charge is 0.494 e. The lowest BCUT2D eigenvalue weighted by Gasteiger charge is -2.19. The van der Waals surface area contributed by atoms with Gasteiger partial charge in [-0.3, -0.25) is 0 Å². The molecule has 1 unspecified atom stereocenters. The van der Waals surface area contributed by atoms with Crippen molar-refractivity contribution in [3.05, 3.63) is 96.6 Å². The van der Waals surface area contributed by atoms with Crippen molar-refractivity contribution in [1.29, 1.82) is 0 Å². The number of rotatable bonds is 23. The minimum absolute atomic E-state index is 0.289. The van der Waals surface area contributed by atoms with Crippen molar-refractivity contribution in [3.63, 3.8) is 0 Å². The Morgan fingerprint density at radius 2 is 1.02 bits per heavy atom. The Balaban J connectivity index is 1.45. The van der Waals surface area contributed by atoms with E-state index in [1.54, 1.807) is 48.5 Å². The van der Waals surface area contributed by atoms with E-state index in [1.165, 1.54) is 69.2 Å². The quantitative estimate of drug-likeness (QED) is 0.0326. The maximum atomic E-state index is 12.7. The van der Waals surface area contributed by atoms with E-state index < -0.39 is 24.2 Å². The number of ether oxygens (including phenoxy) is 5. The first-order valence-corrected chi connectivity index (χ1v) is 17.3. The molecule has 0 radical (unpaired) electrons. The van der Waals surface area contributed by atoms with Gasteiger partial charge in [0.05, 0.1) is 17.7 Å². The molecule has 0 aliphatic heterocycles. The molecule has 8 heteroatoms. The Labute approximate surface area is 285 Å². The van der Waals surface area contributed by atoms with E-state index >= 15 is 0 Å². The lowest BCUT2D eigenvalue weighted by atomic mass is 10.1. The van der Waals surface area contributed by atoms with E-state index in [4.69, 9.17) is 23.7 Å². The van der Waals surface area contributed by atoms with Gasteiger partial charge in [0.15, 0.2) is 0 Å². The van der Waals surface area contributed by atoms with Gasteiger partial charge in [-0.15, -0.1) is 0 Å². The Kier molecular flexibility index (Phi) is 17.4. The molecule has 0 aliphatic carbocycles. The van der Waals surface area contributed by atoms with Gasteiger partial charge in [-0.2, -0.15) is 0 Å². The molecule has 0 spiro atoms. The van der Waals surface area contributed by atoms with Crippen LogP contribution in [0, 0.1) is 0 Å². The molecule has 0 bridgehead atoms. The standard InChI is InChI=1S/C40H50O8/c1-4-7-9-11-12-13-14-15-17-38(48-37(41)6-3)45-34-26-28-36(29-27-34)47-40(43)32-20-24-35(25-21-32)46-39(42)31-18-22-33(23-19-31)44-30-16-10-8-5-2/h6,18-29,38H,3-5,7-17,30H2,1-2H3. The number of carbonyl (C=O) groups is 3. The second-order valence-corrected chi connectivity index (χ2v) is 11.7. The SMILES string of the molecule is C=CC(=O)OC(CCCCCCCCCC)Oc1ccc(OC(=O)c2ccc(OC(=O)c3ccc(OCCCCCC)cc3)cc2)cc1. The third kappa shape index (κ3) is 14.4. The number of unbranched alkanes of at least 4 members (excludes halogenated alkanes) is 10. The van der Waals surface area contributed by atoms with Crippen LogP contribution in [0.25, 0.3) is 0 Å². The fourth-order valence-corrected chi connectivity index (χ4v) is 4.90. The van der Waals surface area contributed by atoms with Crippen LogP contribution in [-0.2, 0) is 9.53 Å². The average Bonchev–Trinajstić information content (AvgIpc) is 3.10. The molecule has 0 saturated heterocycles. The number of esters is 3. The van der Waals surface area contributed by atoms with Crippen LogP contribution in [0.15, 0.2) is 85.5 Å². The van der Waals surface area contributed by atoms with E-state index in [0.717, 1.165) is 38.2 Å². The van der Waals surface area contributed by atoms with Crippen LogP contribution in [0.3, 0.4) is 0 Å². The first-order valence-electron chi connectivity index (χ1n) is 17.3. The van der Waals surface area contributed by atoms with Crippen molar-refractivity contribution < 1.29 is 38.1 Å². The molecular weight excluding hydrogens is 608 g/mol. The third-order valence-corrected chi connectivity index (χ3v) is 7.67. The number of carbonyl (C=O) groups excluding carboxylic acids is 3. The van der Waals surface area contributed by atoms with Gasteiger partial charge in [0.1, 0.15) is 23.0 Å². The summed E-state index contributed by atoms with van der Waals surface area (Å²) >= 11 is 0. The predicted octanol–water partition coefficient (Wildman–Crippen LogP) is 10.0. The van der Waals surface area contributed by atoms with Crippen molar-refractivity contribution >= 4 is 17.9 Å². The molecule has 0 fully saturated rings. The Bertz CT molecular complexity index is 1380. The highest BCUT2D eigenvalue weighted by Gasteiger charge is 2.16. The van der Waals surface area contributed by atoms with Crippen molar-refractivity contribution in [2.45, 2.75) is 104 Å². The van der Waals surface area contributed by atoms with Crippen LogP contribution >= 0.6 is 0 Å². The highest BCUT2D eigenvalue weighted by atomic mass is 16.7. The fourth-order valence-electron chi connectivity index (χ4n) is 4.90. The normalized spacial score (nSPS) is 11.3. The number of hydrogen-bond acceptors (Lipinski definition) is 8. The van der Waals surface area contributed by atoms with Gasteiger partial charge in [0, 0.05) is 12.5 Å². The summed E-state index contributed by atoms with van der Waals surface area (Å²) in [5.74, 6) is 0.179. The van der Waals surface area contributed by atoms with Gasteiger partial charge in [0.25, 0.3) is 0 Å². The number of benzene rings is 3. The topological polar surface area (TPSA) is 97.4 Å². The van der Waals surface area contributed by atoms with Crippen LogP contribution in [0.5, 0.6) is 23.0 Å². The fraction of sp³-hybridized carbons (Fsp3) is 0.425. The Morgan fingerprint density at radius 3 is 1.54 bits per heavy atom. The summed E-state index contributed by atoms with van der Waals surface area (Å²) in [5.41, 5.74) is 0.680. The Hall–Kier alpha value is -4.59. The molecule has 0 aliphatic rings. The summed E-state index contributed by atoms with van der Waals surface area (Å²) in [6.45, 7) is 8.50. The summed E-state index contributed by atoms with van der Waals surface area (Å²) in [6.07, 6.45) is 14.8. The minimum Gasteiger partial charge on any atom is -0.494 e. The van der Waals surface area contributed by atoms with Crippen LogP contribution in [0.2, 0.25) is 0 Å². The molecule has 3 aromatic carbocycles. The Morgan fingerprint density at radius 1 is 0.583 bits per heavy atom. The molecule has 3 rings (SSSR count). The average molecular weight is 659 g/mol. The van der Waals surface area contributed by atoms with E-state index in [-0.39, 0.29) is 5.56 Å². The monoisotopic (exact) mass is 658 g/mol. The molecule has 8 nitrogen and oxygen atoms in total. The molecule has 3 aromatic rings. The minimum atomic E-state index is -0.741. The summed E-state index contributed by atoms with van der Waals surface area (Å²) in [7, 11) is 0. The lowest BCUT2D eigenvalue weighted by Crippen LogP contribution is -2.23. The van der Waals surface area contributed by atoms with Crippen molar-refractivity contribution in [3.8, 4) is 23.0 Å². The second-order valence-electron chi connectivity index (χ2n) is 11.7. The third-order valence-electron chi connectivity index (χ3n) is 7.67. The van der Waals surface area contributed by atoms with Crippen LogP contribution in [0.1, 0.15) is 118 Å². The zero-order chi connectivity index (χ0) is 34.4. The van der Waals surface area contributed by atoms with Gasteiger partial charge < -0.3 is 23.7 Å². The van der Waals surface area contributed by atoms with Crippen molar-refractivity contribution in [2.24, 2.45) is 0 Å². The highest BCUT2D eigenvalue weighted by molar-refractivity contribution is 5.92. The molecule has 0 saturated carbocycles. The summed E-state index contributed by atoms with van der Waals surface area (Å²) in [6, 6.07) is 19.5. The molecule has 258 valence electrons. The summed E-state index contributed by atoms with van der Waals surface area (Å²) in [5, 5.41) is 0. The van der Waals surface area contributed by atoms with Gasteiger partial charge in [-0.25, -0.2) is 14.4 Å². The predicted molar refractivity (Wildman–Crippen MR) is 187 cm³/mol. The summed E-state index contributed by atoms with van der Waals surface area (Å²) in [4.78, 5) is 37.2. The van der Waals surface area contributed by atoms with Crippen LogP contribution in [-0.4, -0.2) is 30.8 Å². The maximum Gasteiger partial charge on any atom is 0.343 e. The van der Waals surface area contributed by atoms with E-state index in [2.05, 4.69) is 20.4 Å². The molecular formula is C40H50O8. The molecule has 0 N–H and O–H groups in total. The second kappa shape index (κ2) is 22.1. The van der Waals surface area contributed by atoms with Crippen molar-refractivity contribution in [1.82, 2.24) is 0 Å². The van der Waals surface area contributed by atoms with E-state index in [9.17, 15) is 14.4 Å². The van der Waals surface area contributed by atoms with E-state index in [1.807, 2.05) is 0 Å². The molecule has 0 amide bonds. The highest BCUT2D eigenvalue weighted by Crippen LogP contribution is 2.23. The first-order chi connectivity index (χ1) is 23.4. The van der Waals surface area contributed by atoms with Gasteiger partial charge in [-0.1, -0.05) is 84.6 Å².